The number of ether oxygens (including phenoxy) is 1. The molecule has 1 aromatic carbocycles. The fourth-order valence-corrected chi connectivity index (χ4v) is 4.34. The summed E-state index contributed by atoms with van der Waals surface area (Å²) in [5.74, 6) is 0.239. The molecule has 0 spiro atoms. The van der Waals surface area contributed by atoms with Crippen LogP contribution in [0.1, 0.15) is 45.4 Å². The van der Waals surface area contributed by atoms with Crippen molar-refractivity contribution in [2.75, 3.05) is 22.9 Å². The molecule has 2 aromatic rings. The lowest BCUT2D eigenvalue weighted by Gasteiger charge is -2.39. The van der Waals surface area contributed by atoms with E-state index >= 15 is 0 Å². The minimum Gasteiger partial charge on any atom is -0.446 e. The van der Waals surface area contributed by atoms with Gasteiger partial charge in [-0.3, -0.25) is 0 Å². The standard InChI is InChI=1S/C22H29FN6O2/c1-13-6-8-15(26-22(30)31-16-4-2-3-5-16)12-29(13)20-11-19(27-21(25)28-20)14-7-9-18(24)17(23)10-14/h7,9-11,13,15-16H,2-6,8,12,24H2,1H3,(H,26,30)(H2,25,27,28). The van der Waals surface area contributed by atoms with Gasteiger partial charge in [-0.05, 0) is 57.6 Å². The van der Waals surface area contributed by atoms with Crippen LogP contribution in [0.3, 0.4) is 0 Å². The number of hydrogen-bond donors (Lipinski definition) is 3. The van der Waals surface area contributed by atoms with Gasteiger partial charge < -0.3 is 26.4 Å². The summed E-state index contributed by atoms with van der Waals surface area (Å²) < 4.78 is 19.5. The molecule has 2 aliphatic rings. The third kappa shape index (κ3) is 4.98. The highest BCUT2D eigenvalue weighted by molar-refractivity contribution is 5.69. The van der Waals surface area contributed by atoms with Gasteiger partial charge in [0.05, 0.1) is 11.4 Å². The fraction of sp³-hybridized carbons (Fsp3) is 0.500. The number of benzene rings is 1. The average Bonchev–Trinajstić information content (AvgIpc) is 3.24. The minimum atomic E-state index is -0.507. The lowest BCUT2D eigenvalue weighted by atomic mass is 9.99. The molecule has 2 heterocycles. The van der Waals surface area contributed by atoms with Crippen molar-refractivity contribution >= 4 is 23.5 Å². The number of carbonyl (C=O) groups is 1. The van der Waals surface area contributed by atoms with Crippen LogP contribution in [0.15, 0.2) is 24.3 Å². The van der Waals surface area contributed by atoms with Gasteiger partial charge in [0.15, 0.2) is 0 Å². The minimum absolute atomic E-state index is 0.0307. The summed E-state index contributed by atoms with van der Waals surface area (Å²) in [5, 5.41) is 3.00. The molecule has 2 fully saturated rings. The Labute approximate surface area is 181 Å². The quantitative estimate of drug-likeness (QED) is 0.638. The molecule has 0 radical (unpaired) electrons. The molecule has 1 aliphatic heterocycles. The molecule has 2 atom stereocenters. The van der Waals surface area contributed by atoms with Crippen molar-refractivity contribution in [3.8, 4) is 11.3 Å². The van der Waals surface area contributed by atoms with Crippen LogP contribution in [-0.4, -0.2) is 40.8 Å². The van der Waals surface area contributed by atoms with Crippen LogP contribution in [0.5, 0.6) is 0 Å². The maximum Gasteiger partial charge on any atom is 0.407 e. The van der Waals surface area contributed by atoms with E-state index in [0.29, 0.717) is 23.6 Å². The lowest BCUT2D eigenvalue weighted by Crippen LogP contribution is -2.51. The van der Waals surface area contributed by atoms with Crippen molar-refractivity contribution in [2.24, 2.45) is 0 Å². The number of nitrogens with two attached hydrogens (primary N) is 2. The number of nitrogen functional groups attached to an aromatic ring is 2. The van der Waals surface area contributed by atoms with Crippen molar-refractivity contribution in [1.29, 1.82) is 0 Å². The zero-order valence-electron chi connectivity index (χ0n) is 17.7. The Morgan fingerprint density at radius 1 is 1.16 bits per heavy atom. The van der Waals surface area contributed by atoms with Crippen molar-refractivity contribution in [3.05, 3.63) is 30.1 Å². The van der Waals surface area contributed by atoms with E-state index in [0.717, 1.165) is 38.5 Å². The predicted octanol–water partition coefficient (Wildman–Crippen LogP) is 3.47. The van der Waals surface area contributed by atoms with E-state index in [1.165, 1.54) is 12.1 Å². The first-order valence-corrected chi connectivity index (χ1v) is 10.8. The van der Waals surface area contributed by atoms with Gasteiger partial charge in [-0.1, -0.05) is 6.07 Å². The molecule has 1 saturated carbocycles. The number of nitrogens with zero attached hydrogens (tertiary/aromatic N) is 3. The molecular formula is C22H29FN6O2. The number of amides is 1. The van der Waals surface area contributed by atoms with Crippen molar-refractivity contribution < 1.29 is 13.9 Å². The number of alkyl carbamates (subject to hydrolysis) is 1. The SMILES string of the molecule is CC1CCC(NC(=O)OC2CCCC2)CN1c1cc(-c2ccc(N)c(F)c2)nc(N)n1. The maximum atomic E-state index is 13.9. The maximum absolute atomic E-state index is 13.9. The van der Waals surface area contributed by atoms with Crippen LogP contribution in [0.25, 0.3) is 11.3 Å². The Hall–Kier alpha value is -3.10. The fourth-order valence-electron chi connectivity index (χ4n) is 4.34. The van der Waals surface area contributed by atoms with E-state index in [2.05, 4.69) is 27.1 Å². The highest BCUT2D eigenvalue weighted by atomic mass is 19.1. The second-order valence-electron chi connectivity index (χ2n) is 8.44. The molecule has 8 nitrogen and oxygen atoms in total. The smallest absolute Gasteiger partial charge is 0.407 e. The Morgan fingerprint density at radius 3 is 2.68 bits per heavy atom. The van der Waals surface area contributed by atoms with E-state index in [-0.39, 0.29) is 35.9 Å². The van der Waals surface area contributed by atoms with Crippen LogP contribution in [0.2, 0.25) is 0 Å². The molecule has 4 rings (SSSR count). The summed E-state index contributed by atoms with van der Waals surface area (Å²) >= 11 is 0. The summed E-state index contributed by atoms with van der Waals surface area (Å²) in [6, 6.07) is 6.48. The monoisotopic (exact) mass is 428 g/mol. The van der Waals surface area contributed by atoms with Crippen molar-refractivity contribution in [1.82, 2.24) is 15.3 Å². The van der Waals surface area contributed by atoms with Gasteiger partial charge in [0, 0.05) is 30.3 Å². The first-order valence-electron chi connectivity index (χ1n) is 10.8. The molecule has 9 heteroatoms. The molecule has 1 aromatic heterocycles. The van der Waals surface area contributed by atoms with E-state index in [4.69, 9.17) is 16.2 Å². The first-order chi connectivity index (χ1) is 14.9. The summed E-state index contributed by atoms with van der Waals surface area (Å²) in [5.41, 5.74) is 12.7. The molecule has 0 bridgehead atoms. The Balaban J connectivity index is 1.49. The van der Waals surface area contributed by atoms with Gasteiger partial charge in [-0.15, -0.1) is 0 Å². The Kier molecular flexibility index (Phi) is 6.11. The highest BCUT2D eigenvalue weighted by Crippen LogP contribution is 2.29. The zero-order valence-corrected chi connectivity index (χ0v) is 17.7. The van der Waals surface area contributed by atoms with Gasteiger partial charge >= 0.3 is 6.09 Å². The number of anilines is 3. The molecule has 2 unspecified atom stereocenters. The number of halogens is 1. The highest BCUT2D eigenvalue weighted by Gasteiger charge is 2.29. The number of piperidine rings is 1. The summed E-state index contributed by atoms with van der Waals surface area (Å²) in [7, 11) is 0. The second-order valence-corrected chi connectivity index (χ2v) is 8.44. The molecule has 1 aliphatic carbocycles. The third-order valence-corrected chi connectivity index (χ3v) is 6.10. The van der Waals surface area contributed by atoms with Crippen LogP contribution in [-0.2, 0) is 4.74 Å². The molecule has 31 heavy (non-hydrogen) atoms. The number of aromatic nitrogens is 2. The van der Waals surface area contributed by atoms with Gasteiger partial charge in [-0.2, -0.15) is 4.98 Å². The van der Waals surface area contributed by atoms with Crippen molar-refractivity contribution in [2.45, 2.75) is 63.6 Å². The van der Waals surface area contributed by atoms with Gasteiger partial charge in [0.2, 0.25) is 5.95 Å². The zero-order chi connectivity index (χ0) is 22.0. The van der Waals surface area contributed by atoms with E-state index in [1.807, 2.05) is 0 Å². The number of nitrogens with one attached hydrogen (secondary N) is 1. The van der Waals surface area contributed by atoms with Crippen LogP contribution >= 0.6 is 0 Å². The van der Waals surface area contributed by atoms with Crippen LogP contribution < -0.4 is 21.7 Å². The van der Waals surface area contributed by atoms with Crippen LogP contribution in [0.4, 0.5) is 26.6 Å². The largest absolute Gasteiger partial charge is 0.446 e. The molecular weight excluding hydrogens is 399 g/mol. The Bertz CT molecular complexity index is 950. The summed E-state index contributed by atoms with van der Waals surface area (Å²) in [6.07, 6.45) is 5.52. The first kappa shape index (κ1) is 21.1. The Morgan fingerprint density at radius 2 is 1.94 bits per heavy atom. The van der Waals surface area contributed by atoms with Crippen molar-refractivity contribution in [3.63, 3.8) is 0 Å². The topological polar surface area (TPSA) is 119 Å². The van der Waals surface area contributed by atoms with E-state index in [9.17, 15) is 9.18 Å². The van der Waals surface area contributed by atoms with Gasteiger partial charge in [0.1, 0.15) is 17.7 Å². The molecule has 1 amide bonds. The second kappa shape index (κ2) is 8.95. The molecule has 1 saturated heterocycles. The lowest BCUT2D eigenvalue weighted by molar-refractivity contribution is 0.0967. The third-order valence-electron chi connectivity index (χ3n) is 6.10. The summed E-state index contributed by atoms with van der Waals surface area (Å²) in [4.78, 5) is 23.1. The van der Waals surface area contributed by atoms with E-state index in [1.54, 1.807) is 12.1 Å². The van der Waals surface area contributed by atoms with Crippen LogP contribution in [0, 0.1) is 5.82 Å². The van der Waals surface area contributed by atoms with Gasteiger partial charge in [0.25, 0.3) is 0 Å². The molecule has 5 N–H and O–H groups in total. The normalized spacial score (nSPS) is 21.8. The molecule has 166 valence electrons. The average molecular weight is 429 g/mol. The summed E-state index contributed by atoms with van der Waals surface area (Å²) in [6.45, 7) is 2.68. The number of rotatable bonds is 4. The predicted molar refractivity (Wildman–Crippen MR) is 118 cm³/mol. The number of hydrogen-bond acceptors (Lipinski definition) is 7. The number of carbonyl (C=O) groups excluding carboxylic acids is 1. The van der Waals surface area contributed by atoms with E-state index < -0.39 is 5.82 Å². The van der Waals surface area contributed by atoms with Gasteiger partial charge in [-0.25, -0.2) is 14.2 Å².